The van der Waals surface area contributed by atoms with Crippen LogP contribution in [-0.4, -0.2) is 60.6 Å². The van der Waals surface area contributed by atoms with Gasteiger partial charge >= 0.3 is 6.09 Å². The molecular formula is C14H25N3O3. The van der Waals surface area contributed by atoms with Gasteiger partial charge < -0.3 is 20.3 Å². The van der Waals surface area contributed by atoms with Crippen LogP contribution in [0, 0.1) is 5.92 Å². The average Bonchev–Trinajstić information content (AvgIpc) is 3.30. The van der Waals surface area contributed by atoms with E-state index in [0.717, 1.165) is 25.7 Å². The average molecular weight is 283 g/mol. The van der Waals surface area contributed by atoms with Crippen LogP contribution in [0.2, 0.25) is 0 Å². The van der Waals surface area contributed by atoms with Gasteiger partial charge in [0.05, 0.1) is 12.6 Å². The molecule has 1 heterocycles. The molecule has 2 aliphatic rings. The summed E-state index contributed by atoms with van der Waals surface area (Å²) in [5, 5.41) is 0. The van der Waals surface area contributed by atoms with E-state index in [1.54, 1.807) is 9.80 Å². The molecule has 0 aromatic rings. The van der Waals surface area contributed by atoms with Crippen molar-refractivity contribution >= 4 is 12.0 Å². The molecule has 1 aliphatic heterocycles. The number of ether oxygens (including phenoxy) is 1. The Hall–Kier alpha value is -1.30. The fraction of sp³-hybridized carbons (Fsp3) is 0.857. The number of amides is 2. The van der Waals surface area contributed by atoms with Gasteiger partial charge in [-0.25, -0.2) is 4.79 Å². The highest BCUT2D eigenvalue weighted by molar-refractivity contribution is 5.82. The summed E-state index contributed by atoms with van der Waals surface area (Å²) in [5.74, 6) is 0.408. The molecule has 1 aliphatic carbocycles. The minimum atomic E-state index is -0.349. The normalized spacial score (nSPS) is 20.7. The number of hydrogen-bond donors (Lipinski definition) is 1. The van der Waals surface area contributed by atoms with E-state index in [9.17, 15) is 9.59 Å². The second-order valence-corrected chi connectivity index (χ2v) is 5.64. The molecule has 0 aromatic carbocycles. The van der Waals surface area contributed by atoms with Gasteiger partial charge in [0.25, 0.3) is 0 Å². The molecule has 0 radical (unpaired) electrons. The van der Waals surface area contributed by atoms with Crippen LogP contribution < -0.4 is 5.73 Å². The zero-order valence-electron chi connectivity index (χ0n) is 12.2. The van der Waals surface area contributed by atoms with Gasteiger partial charge in [-0.1, -0.05) is 13.3 Å². The van der Waals surface area contributed by atoms with E-state index in [1.165, 1.54) is 0 Å². The number of unbranched alkanes of at least 4 members (excludes halogenated alkanes) is 1. The molecule has 114 valence electrons. The van der Waals surface area contributed by atoms with Crippen molar-refractivity contribution < 1.29 is 14.3 Å². The highest BCUT2D eigenvalue weighted by Crippen LogP contribution is 2.32. The van der Waals surface area contributed by atoms with Gasteiger partial charge in [-0.15, -0.1) is 0 Å². The first kappa shape index (κ1) is 15.1. The molecule has 1 saturated heterocycles. The van der Waals surface area contributed by atoms with Gasteiger partial charge in [-0.05, 0) is 25.2 Å². The van der Waals surface area contributed by atoms with Gasteiger partial charge in [0.2, 0.25) is 5.91 Å². The Morgan fingerprint density at radius 1 is 1.20 bits per heavy atom. The molecule has 1 saturated carbocycles. The van der Waals surface area contributed by atoms with Crippen LogP contribution in [0.15, 0.2) is 0 Å². The summed E-state index contributed by atoms with van der Waals surface area (Å²) in [6.07, 6.45) is 3.76. The number of carbonyl (C=O) groups is 2. The van der Waals surface area contributed by atoms with Crippen molar-refractivity contribution in [2.75, 3.05) is 32.8 Å². The number of carbonyl (C=O) groups excluding carboxylic acids is 2. The Morgan fingerprint density at radius 2 is 1.80 bits per heavy atom. The summed E-state index contributed by atoms with van der Waals surface area (Å²) in [4.78, 5) is 27.4. The predicted molar refractivity (Wildman–Crippen MR) is 75.1 cm³/mol. The summed E-state index contributed by atoms with van der Waals surface area (Å²) in [6, 6.07) is -0.349. The zero-order valence-corrected chi connectivity index (χ0v) is 12.2. The number of nitrogens with zero attached hydrogens (tertiary/aromatic N) is 2. The highest BCUT2D eigenvalue weighted by Gasteiger charge is 2.36. The molecule has 2 rings (SSSR count). The maximum Gasteiger partial charge on any atom is 0.409 e. The van der Waals surface area contributed by atoms with E-state index < -0.39 is 0 Å². The number of hydrogen-bond acceptors (Lipinski definition) is 4. The van der Waals surface area contributed by atoms with Crippen LogP contribution >= 0.6 is 0 Å². The van der Waals surface area contributed by atoms with E-state index >= 15 is 0 Å². The van der Waals surface area contributed by atoms with Crippen LogP contribution in [0.25, 0.3) is 0 Å². The zero-order chi connectivity index (χ0) is 14.5. The lowest BCUT2D eigenvalue weighted by molar-refractivity contribution is -0.134. The van der Waals surface area contributed by atoms with Crippen molar-refractivity contribution in [1.82, 2.24) is 9.80 Å². The quantitative estimate of drug-likeness (QED) is 0.757. The Bertz CT molecular complexity index is 350. The van der Waals surface area contributed by atoms with Gasteiger partial charge in [-0.3, -0.25) is 4.79 Å². The molecule has 2 fully saturated rings. The van der Waals surface area contributed by atoms with Gasteiger partial charge in [-0.2, -0.15) is 0 Å². The molecule has 6 nitrogen and oxygen atoms in total. The van der Waals surface area contributed by atoms with E-state index in [-0.39, 0.29) is 18.0 Å². The summed E-state index contributed by atoms with van der Waals surface area (Å²) in [7, 11) is 0. The minimum absolute atomic E-state index is 0.0338. The Balaban J connectivity index is 1.71. The largest absolute Gasteiger partial charge is 0.449 e. The molecular weight excluding hydrogens is 258 g/mol. The smallest absolute Gasteiger partial charge is 0.409 e. The van der Waals surface area contributed by atoms with Crippen LogP contribution in [0.3, 0.4) is 0 Å². The van der Waals surface area contributed by atoms with Crippen molar-refractivity contribution in [3.63, 3.8) is 0 Å². The van der Waals surface area contributed by atoms with E-state index in [0.29, 0.717) is 38.7 Å². The third-order valence-corrected chi connectivity index (χ3v) is 3.99. The van der Waals surface area contributed by atoms with Crippen LogP contribution in [0.4, 0.5) is 4.79 Å². The molecule has 20 heavy (non-hydrogen) atoms. The Kier molecular flexibility index (Phi) is 5.23. The Labute approximate surface area is 120 Å². The lowest BCUT2D eigenvalue weighted by Gasteiger charge is -2.35. The molecule has 2 N–H and O–H groups in total. The molecule has 0 spiro atoms. The third kappa shape index (κ3) is 3.85. The van der Waals surface area contributed by atoms with Gasteiger partial charge in [0, 0.05) is 26.2 Å². The number of piperazine rings is 1. The van der Waals surface area contributed by atoms with Crippen molar-refractivity contribution in [3.8, 4) is 0 Å². The van der Waals surface area contributed by atoms with Gasteiger partial charge in [0.1, 0.15) is 0 Å². The predicted octanol–water partition coefficient (Wildman–Crippen LogP) is 0.805. The standard InChI is InChI=1S/C14H25N3O3/c1-2-3-10-20-14(19)17-8-6-16(7-9-17)13(18)12(15)11-4-5-11/h11-12H,2-10,15H2,1H3/t12-/m0/s1. The molecule has 6 heteroatoms. The maximum atomic E-state index is 12.1. The monoisotopic (exact) mass is 283 g/mol. The van der Waals surface area contributed by atoms with Crippen molar-refractivity contribution in [2.24, 2.45) is 11.7 Å². The fourth-order valence-electron chi connectivity index (χ4n) is 2.37. The first-order chi connectivity index (χ1) is 9.63. The van der Waals surface area contributed by atoms with Crippen molar-refractivity contribution in [1.29, 1.82) is 0 Å². The van der Waals surface area contributed by atoms with Crippen LogP contribution in [-0.2, 0) is 9.53 Å². The molecule has 1 atom stereocenters. The lowest BCUT2D eigenvalue weighted by atomic mass is 10.1. The first-order valence-electron chi connectivity index (χ1n) is 7.59. The number of rotatable bonds is 5. The number of nitrogens with two attached hydrogens (primary N) is 1. The second-order valence-electron chi connectivity index (χ2n) is 5.64. The second kappa shape index (κ2) is 6.92. The van der Waals surface area contributed by atoms with E-state index in [1.807, 2.05) is 0 Å². The Morgan fingerprint density at radius 3 is 2.35 bits per heavy atom. The lowest BCUT2D eigenvalue weighted by Crippen LogP contribution is -2.54. The maximum absolute atomic E-state index is 12.1. The van der Waals surface area contributed by atoms with Gasteiger partial charge in [0.15, 0.2) is 0 Å². The molecule has 0 aromatic heterocycles. The summed E-state index contributed by atoms with van der Waals surface area (Å²) >= 11 is 0. The fourth-order valence-corrected chi connectivity index (χ4v) is 2.37. The van der Waals surface area contributed by atoms with E-state index in [2.05, 4.69) is 6.92 Å². The van der Waals surface area contributed by atoms with Crippen LogP contribution in [0.5, 0.6) is 0 Å². The summed E-state index contributed by atoms with van der Waals surface area (Å²) < 4.78 is 5.17. The molecule has 0 unspecified atom stereocenters. The van der Waals surface area contributed by atoms with Crippen molar-refractivity contribution in [3.05, 3.63) is 0 Å². The summed E-state index contributed by atoms with van der Waals surface area (Å²) in [6.45, 7) is 4.72. The van der Waals surface area contributed by atoms with Crippen LogP contribution in [0.1, 0.15) is 32.6 Å². The third-order valence-electron chi connectivity index (χ3n) is 3.99. The SMILES string of the molecule is CCCCOC(=O)N1CCN(C(=O)[C@@H](N)C2CC2)CC1. The minimum Gasteiger partial charge on any atom is -0.449 e. The molecule has 2 amide bonds. The topological polar surface area (TPSA) is 75.9 Å². The van der Waals surface area contributed by atoms with E-state index in [4.69, 9.17) is 10.5 Å². The first-order valence-corrected chi connectivity index (χ1v) is 7.59. The molecule has 0 bridgehead atoms. The van der Waals surface area contributed by atoms with Crippen molar-refractivity contribution in [2.45, 2.75) is 38.6 Å². The summed E-state index contributed by atoms with van der Waals surface area (Å²) in [5.41, 5.74) is 5.93. The highest BCUT2D eigenvalue weighted by atomic mass is 16.6.